The summed E-state index contributed by atoms with van der Waals surface area (Å²) in [6.45, 7) is 9.92. The highest BCUT2D eigenvalue weighted by Gasteiger charge is 1.95. The quantitative estimate of drug-likeness (QED) is 0.379. The van der Waals surface area contributed by atoms with Gasteiger partial charge < -0.3 is 4.90 Å². The normalized spacial score (nSPS) is 8.62. The van der Waals surface area contributed by atoms with Gasteiger partial charge in [-0.2, -0.15) is 0 Å². The maximum absolute atomic E-state index is 5.26. The molecule has 0 saturated carbocycles. The van der Waals surface area contributed by atoms with Crippen LogP contribution in [0.15, 0.2) is 10.7 Å². The predicted molar refractivity (Wildman–Crippen MR) is 31.9 cm³/mol. The first-order valence-electron chi connectivity index (χ1n) is 1.76. The molecule has 40 valence electrons. The molecule has 0 spiro atoms. The van der Waals surface area contributed by atoms with Crippen molar-refractivity contribution in [2.24, 2.45) is 0 Å². The summed E-state index contributed by atoms with van der Waals surface area (Å²) < 4.78 is 0. The fourth-order valence-electron chi connectivity index (χ4n) is 0.149. The molecule has 0 amide bonds. The summed E-state index contributed by atoms with van der Waals surface area (Å²) >= 11 is 5.26. The van der Waals surface area contributed by atoms with Crippen molar-refractivity contribution >= 4 is 11.6 Å². The highest BCUT2D eigenvalue weighted by atomic mass is 35.5. The summed E-state index contributed by atoms with van der Waals surface area (Å²) in [5.41, 5.74) is -0.100. The van der Waals surface area contributed by atoms with Crippen LogP contribution >= 0.6 is 11.6 Å². The van der Waals surface area contributed by atoms with Crippen molar-refractivity contribution in [3.63, 3.8) is 0 Å². The molecule has 8 heavy (non-hydrogen) atoms. The first-order chi connectivity index (χ1) is 3.55. The second-order valence-corrected chi connectivity index (χ2v) is 1.51. The van der Waals surface area contributed by atoms with Crippen LogP contribution in [0.5, 0.6) is 0 Å². The van der Waals surface area contributed by atoms with E-state index in [0.29, 0.717) is 4.90 Å². The van der Waals surface area contributed by atoms with Crippen molar-refractivity contribution in [1.82, 2.24) is 4.90 Å². The highest BCUT2D eigenvalue weighted by molar-refractivity contribution is 6.29. The minimum atomic E-state index is -0.100. The van der Waals surface area contributed by atoms with Crippen molar-refractivity contribution in [3.05, 3.63) is 38.7 Å². The largest absolute Gasteiger partial charge is 0.348 e. The zero-order valence-corrected chi connectivity index (χ0v) is 4.89. The molecule has 8 radical (unpaired) electrons. The molecule has 1 nitrogen and oxygen atoms in total. The third kappa shape index (κ3) is 2.22. The molecule has 0 rings (SSSR count). The summed E-state index contributed by atoms with van der Waals surface area (Å²) in [7, 11) is 9.80. The van der Waals surface area contributed by atoms with Crippen LogP contribution in [-0.4, -0.2) is 4.90 Å². The first kappa shape index (κ1) is 7.83. The van der Waals surface area contributed by atoms with Gasteiger partial charge in [0.05, 0.1) is 14.1 Å². The maximum Gasteiger partial charge on any atom is 0.105 e. The van der Waals surface area contributed by atoms with Crippen molar-refractivity contribution in [2.45, 2.75) is 0 Å². The number of nitrogens with zero attached hydrogens (tertiary/aromatic N) is 1. The van der Waals surface area contributed by atoms with Gasteiger partial charge in [-0.1, -0.05) is 11.6 Å². The van der Waals surface area contributed by atoms with E-state index in [-0.39, 0.29) is 10.7 Å². The van der Waals surface area contributed by atoms with E-state index in [4.69, 9.17) is 39.5 Å². The monoisotopic (exact) mass is 125 g/mol. The van der Waals surface area contributed by atoms with Crippen molar-refractivity contribution < 1.29 is 0 Å². The third-order valence-corrected chi connectivity index (χ3v) is 0.878. The van der Waals surface area contributed by atoms with Crippen LogP contribution in [0.25, 0.3) is 0 Å². The van der Waals surface area contributed by atoms with Gasteiger partial charge in [0.25, 0.3) is 0 Å². The van der Waals surface area contributed by atoms with Gasteiger partial charge in [0, 0.05) is 0 Å². The van der Waals surface area contributed by atoms with Crippen LogP contribution in [0, 0.1) is 27.9 Å². The average Bonchev–Trinajstić information content (AvgIpc) is 1.64. The van der Waals surface area contributed by atoms with Gasteiger partial charge in [0.15, 0.2) is 0 Å². The Morgan fingerprint density at radius 1 is 1.25 bits per heavy atom. The van der Waals surface area contributed by atoms with E-state index >= 15 is 0 Å². The van der Waals surface area contributed by atoms with Gasteiger partial charge in [0.1, 0.15) is 5.16 Å². The van der Waals surface area contributed by atoms with Gasteiger partial charge in [-0.3, -0.25) is 0 Å². The number of rotatable bonds is 1. The molecule has 0 aromatic carbocycles. The topological polar surface area (TPSA) is 3.24 Å². The Bertz CT molecular complexity index is 101. The molecule has 0 bridgehead atoms. The SMILES string of the molecule is [CH]C([CH])=C(Cl)N([CH])[CH]. The molecular weight excluding hydrogens is 122 g/mol. The molecule has 0 aliphatic carbocycles. The lowest BCUT2D eigenvalue weighted by Gasteiger charge is -2.08. The van der Waals surface area contributed by atoms with Crippen LogP contribution < -0.4 is 0 Å². The summed E-state index contributed by atoms with van der Waals surface area (Å²) in [6.07, 6.45) is 0. The van der Waals surface area contributed by atoms with Crippen molar-refractivity contribution in [2.75, 3.05) is 0 Å². The van der Waals surface area contributed by atoms with Crippen LogP contribution in [0.1, 0.15) is 0 Å². The van der Waals surface area contributed by atoms with Gasteiger partial charge in [-0.25, -0.2) is 0 Å². The molecule has 0 unspecified atom stereocenters. The van der Waals surface area contributed by atoms with E-state index in [0.717, 1.165) is 0 Å². The fraction of sp³-hybridized carbons (Fsp3) is 0. The molecule has 0 aromatic heterocycles. The summed E-state index contributed by atoms with van der Waals surface area (Å²) in [4.78, 5) is 0.636. The highest BCUT2D eigenvalue weighted by Crippen LogP contribution is 2.10. The molecule has 0 aliphatic heterocycles. The maximum atomic E-state index is 5.26. The Morgan fingerprint density at radius 2 is 1.62 bits per heavy atom. The number of halogens is 1. The number of hydrogen-bond donors (Lipinski definition) is 0. The lowest BCUT2D eigenvalue weighted by atomic mass is 10.4. The molecule has 0 heterocycles. The lowest BCUT2D eigenvalue weighted by Crippen LogP contribution is -2.00. The fourth-order valence-corrected chi connectivity index (χ4v) is 0.149. The van der Waals surface area contributed by atoms with E-state index < -0.39 is 0 Å². The minimum Gasteiger partial charge on any atom is -0.348 e. The Morgan fingerprint density at radius 3 is 1.62 bits per heavy atom. The molecule has 2 heteroatoms. The molecule has 0 saturated heterocycles. The molecule has 0 aliphatic rings. The Kier molecular flexibility index (Phi) is 2.91. The third-order valence-electron chi connectivity index (χ3n) is 0.465. The standard InChI is InChI=1S/C6H4ClN/c1-5(2)6(7)8(3)4/h1-4H. The van der Waals surface area contributed by atoms with Gasteiger partial charge in [-0.05, 0) is 19.4 Å². The van der Waals surface area contributed by atoms with Crippen LogP contribution in [0.2, 0.25) is 0 Å². The molecular formula is C6H4ClN. The number of hydrogen-bond acceptors (Lipinski definition) is 1. The van der Waals surface area contributed by atoms with Crippen molar-refractivity contribution in [3.8, 4) is 0 Å². The van der Waals surface area contributed by atoms with Gasteiger partial charge >= 0.3 is 0 Å². The second kappa shape index (κ2) is 2.98. The molecule has 0 aromatic rings. The Hall–Kier alpha value is -0.170. The van der Waals surface area contributed by atoms with E-state index in [9.17, 15) is 0 Å². The average molecular weight is 126 g/mol. The smallest absolute Gasteiger partial charge is 0.105 e. The molecule has 0 N–H and O–H groups in total. The van der Waals surface area contributed by atoms with E-state index in [2.05, 4.69) is 0 Å². The summed E-state index contributed by atoms with van der Waals surface area (Å²) in [5.74, 6) is 0. The van der Waals surface area contributed by atoms with E-state index in [1.54, 1.807) is 0 Å². The van der Waals surface area contributed by atoms with Crippen LogP contribution in [0.3, 0.4) is 0 Å². The molecule has 0 fully saturated rings. The van der Waals surface area contributed by atoms with E-state index in [1.165, 1.54) is 0 Å². The molecule has 0 atom stereocenters. The van der Waals surface area contributed by atoms with Gasteiger partial charge in [0.2, 0.25) is 0 Å². The lowest BCUT2D eigenvalue weighted by molar-refractivity contribution is 0.655. The van der Waals surface area contributed by atoms with E-state index in [1.807, 2.05) is 0 Å². The minimum absolute atomic E-state index is 0.0648. The summed E-state index contributed by atoms with van der Waals surface area (Å²) in [6, 6.07) is 0. The van der Waals surface area contributed by atoms with Crippen LogP contribution in [-0.2, 0) is 0 Å². The Balaban J connectivity index is 4.00. The van der Waals surface area contributed by atoms with Gasteiger partial charge in [-0.15, -0.1) is 0 Å². The first-order valence-corrected chi connectivity index (χ1v) is 2.13. The van der Waals surface area contributed by atoms with Crippen LogP contribution in [0.4, 0.5) is 0 Å². The Labute approximate surface area is 55.9 Å². The predicted octanol–water partition coefficient (Wildman–Crippen LogP) is 1.50. The summed E-state index contributed by atoms with van der Waals surface area (Å²) in [5, 5.41) is -0.0648. The number of allylic oxidation sites excluding steroid dienone is 1. The zero-order valence-electron chi connectivity index (χ0n) is 4.13. The zero-order chi connectivity index (χ0) is 6.73. The van der Waals surface area contributed by atoms with Crippen molar-refractivity contribution in [1.29, 1.82) is 0 Å². The second-order valence-electron chi connectivity index (χ2n) is 1.15.